The maximum absolute atomic E-state index is 8.72. The Morgan fingerprint density at radius 2 is 2.25 bits per heavy atom. The van der Waals surface area contributed by atoms with Crippen molar-refractivity contribution < 1.29 is 10.2 Å². The molecule has 3 heteroatoms. The molecule has 1 atom stereocenters. The van der Waals surface area contributed by atoms with Crippen molar-refractivity contribution in [3.05, 3.63) is 6.10 Å². The van der Waals surface area contributed by atoms with Crippen LogP contribution >= 0.6 is 11.6 Å². The van der Waals surface area contributed by atoms with E-state index in [-0.39, 0.29) is 18.4 Å². The molecule has 0 aliphatic carbocycles. The minimum Gasteiger partial charge on any atom is -0.392 e. The maximum Gasteiger partial charge on any atom is 0.0928 e. The molecule has 0 aromatic heterocycles. The first-order valence-electron chi connectivity index (χ1n) is 2.42. The minimum atomic E-state index is -0.596. The third-order valence-corrected chi connectivity index (χ3v) is 1.07. The highest BCUT2D eigenvalue weighted by atomic mass is 35.5. The van der Waals surface area contributed by atoms with Crippen molar-refractivity contribution in [3.8, 4) is 0 Å². The summed E-state index contributed by atoms with van der Waals surface area (Å²) in [7, 11) is 0. The van der Waals surface area contributed by atoms with Crippen molar-refractivity contribution in [2.24, 2.45) is 0 Å². The van der Waals surface area contributed by atoms with Gasteiger partial charge in [-0.1, -0.05) is 0 Å². The zero-order chi connectivity index (χ0) is 6.57. The molecule has 0 fully saturated rings. The monoisotopic (exact) mass is 137 g/mol. The molecule has 2 N–H and O–H groups in total. The third kappa shape index (κ3) is 4.37. The van der Waals surface area contributed by atoms with Crippen molar-refractivity contribution in [1.29, 1.82) is 0 Å². The van der Waals surface area contributed by atoms with Gasteiger partial charge in [0.15, 0.2) is 0 Å². The van der Waals surface area contributed by atoms with Gasteiger partial charge in [-0.15, -0.1) is 11.6 Å². The molecule has 0 rings (SSSR count). The summed E-state index contributed by atoms with van der Waals surface area (Å²) in [5.74, 6) is 0.178. The predicted molar refractivity (Wildman–Crippen MR) is 32.2 cm³/mol. The van der Waals surface area contributed by atoms with E-state index in [0.29, 0.717) is 0 Å². The second-order valence-corrected chi connectivity index (χ2v) is 2.06. The van der Waals surface area contributed by atoms with Crippen LogP contribution in [0.1, 0.15) is 13.3 Å². The number of aliphatic hydroxyl groups is 2. The van der Waals surface area contributed by atoms with Crippen LogP contribution in [0.15, 0.2) is 0 Å². The molecule has 0 spiro atoms. The van der Waals surface area contributed by atoms with Gasteiger partial charge in [0.05, 0.1) is 12.2 Å². The topological polar surface area (TPSA) is 40.5 Å². The fraction of sp³-hybridized carbons (Fsp3) is 0.800. The number of aliphatic hydroxyl groups excluding tert-OH is 2. The van der Waals surface area contributed by atoms with Crippen LogP contribution in [-0.2, 0) is 0 Å². The smallest absolute Gasteiger partial charge is 0.0928 e. The second-order valence-electron chi connectivity index (χ2n) is 1.75. The first-order chi connectivity index (χ1) is 3.66. The Labute approximate surface area is 54.1 Å². The number of hydrogen-bond donors (Lipinski definition) is 2. The zero-order valence-electron chi connectivity index (χ0n) is 4.76. The lowest BCUT2D eigenvalue weighted by Gasteiger charge is -2.06. The van der Waals surface area contributed by atoms with Crippen LogP contribution in [-0.4, -0.2) is 22.2 Å². The second kappa shape index (κ2) is 4.13. The van der Waals surface area contributed by atoms with Crippen molar-refractivity contribution in [1.82, 2.24) is 0 Å². The van der Waals surface area contributed by atoms with E-state index in [1.54, 1.807) is 0 Å². The molecule has 2 nitrogen and oxygen atoms in total. The van der Waals surface area contributed by atoms with Crippen LogP contribution < -0.4 is 0 Å². The molecular formula is C5H10ClO2. The molecule has 49 valence electrons. The summed E-state index contributed by atoms with van der Waals surface area (Å²) < 4.78 is 0. The maximum atomic E-state index is 8.72. The van der Waals surface area contributed by atoms with Gasteiger partial charge in [0.1, 0.15) is 0 Å². The average Bonchev–Trinajstić information content (AvgIpc) is 1.65. The van der Waals surface area contributed by atoms with Crippen LogP contribution in [0, 0.1) is 6.10 Å². The van der Waals surface area contributed by atoms with E-state index >= 15 is 0 Å². The highest BCUT2D eigenvalue weighted by Crippen LogP contribution is 2.04. The van der Waals surface area contributed by atoms with Crippen LogP contribution in [0.4, 0.5) is 0 Å². The van der Waals surface area contributed by atoms with Gasteiger partial charge in [-0.05, 0) is 6.92 Å². The van der Waals surface area contributed by atoms with Gasteiger partial charge in [0.2, 0.25) is 0 Å². The van der Waals surface area contributed by atoms with Crippen molar-refractivity contribution in [2.75, 3.05) is 5.88 Å². The SMILES string of the molecule is C[C](O)CC(O)CCl. The molecule has 0 saturated carbocycles. The average molecular weight is 138 g/mol. The summed E-state index contributed by atoms with van der Waals surface area (Å²) in [5.41, 5.74) is 0. The summed E-state index contributed by atoms with van der Waals surface area (Å²) >= 11 is 5.22. The molecule has 0 heterocycles. The summed E-state index contributed by atoms with van der Waals surface area (Å²) in [5, 5.41) is 17.3. The molecule has 0 aromatic rings. The van der Waals surface area contributed by atoms with E-state index in [9.17, 15) is 0 Å². The number of rotatable bonds is 3. The van der Waals surface area contributed by atoms with Crippen molar-refractivity contribution >= 4 is 11.6 Å². The highest BCUT2D eigenvalue weighted by molar-refractivity contribution is 6.18. The van der Waals surface area contributed by atoms with Crippen LogP contribution in [0.2, 0.25) is 0 Å². The van der Waals surface area contributed by atoms with Gasteiger partial charge in [-0.25, -0.2) is 0 Å². The zero-order valence-corrected chi connectivity index (χ0v) is 5.52. The van der Waals surface area contributed by atoms with Crippen molar-refractivity contribution in [3.63, 3.8) is 0 Å². The minimum absolute atomic E-state index is 0.178. The largest absolute Gasteiger partial charge is 0.392 e. The number of halogens is 1. The molecule has 1 unspecified atom stereocenters. The molecule has 0 aromatic carbocycles. The molecular weight excluding hydrogens is 128 g/mol. The Balaban J connectivity index is 3.10. The van der Waals surface area contributed by atoms with Gasteiger partial charge in [0.25, 0.3) is 0 Å². The van der Waals surface area contributed by atoms with Gasteiger partial charge in [-0.2, -0.15) is 0 Å². The van der Waals surface area contributed by atoms with Crippen LogP contribution in [0.5, 0.6) is 0 Å². The fourth-order valence-corrected chi connectivity index (χ4v) is 0.505. The van der Waals surface area contributed by atoms with E-state index in [1.807, 2.05) is 0 Å². The van der Waals surface area contributed by atoms with Gasteiger partial charge >= 0.3 is 0 Å². The number of alkyl halides is 1. The van der Waals surface area contributed by atoms with E-state index in [1.165, 1.54) is 6.92 Å². The fourth-order valence-electron chi connectivity index (χ4n) is 0.396. The molecule has 0 amide bonds. The van der Waals surface area contributed by atoms with Gasteiger partial charge in [0, 0.05) is 12.3 Å². The predicted octanol–water partition coefficient (Wildman–Crippen LogP) is 0.901. The Bertz CT molecular complexity index is 56.4. The van der Waals surface area contributed by atoms with E-state index in [4.69, 9.17) is 21.8 Å². The highest BCUT2D eigenvalue weighted by Gasteiger charge is 2.05. The van der Waals surface area contributed by atoms with Crippen LogP contribution in [0.25, 0.3) is 0 Å². The molecule has 0 aliphatic rings. The first kappa shape index (κ1) is 8.21. The summed E-state index contributed by atoms with van der Waals surface area (Å²) in [6.07, 6.45) is -0.0939. The molecule has 1 radical (unpaired) electrons. The molecule has 0 saturated heterocycles. The van der Waals surface area contributed by atoms with Crippen molar-refractivity contribution in [2.45, 2.75) is 19.4 Å². The van der Waals surface area contributed by atoms with E-state index < -0.39 is 6.10 Å². The first-order valence-corrected chi connectivity index (χ1v) is 2.95. The Morgan fingerprint density at radius 3 is 2.38 bits per heavy atom. The summed E-state index contributed by atoms with van der Waals surface area (Å²) in [6.45, 7) is 1.54. The standard InChI is InChI=1S/C5H10ClO2/c1-4(7)2-5(8)3-6/h5,7-8H,2-3H2,1H3. The normalized spacial score (nSPS) is 14.6. The quantitative estimate of drug-likeness (QED) is 0.568. The van der Waals surface area contributed by atoms with Crippen LogP contribution in [0.3, 0.4) is 0 Å². The molecule has 8 heavy (non-hydrogen) atoms. The number of hydrogen-bond acceptors (Lipinski definition) is 2. The lowest BCUT2D eigenvalue weighted by molar-refractivity contribution is 0.156. The third-order valence-electron chi connectivity index (χ3n) is 0.709. The molecule has 0 bridgehead atoms. The summed E-state index contributed by atoms with van der Waals surface area (Å²) in [4.78, 5) is 0. The Hall–Kier alpha value is 0.210. The summed E-state index contributed by atoms with van der Waals surface area (Å²) in [6, 6.07) is 0. The van der Waals surface area contributed by atoms with E-state index in [2.05, 4.69) is 0 Å². The van der Waals surface area contributed by atoms with E-state index in [0.717, 1.165) is 0 Å². The lowest BCUT2D eigenvalue weighted by Crippen LogP contribution is -2.11. The Morgan fingerprint density at radius 1 is 1.75 bits per heavy atom. The lowest BCUT2D eigenvalue weighted by atomic mass is 10.2. The molecule has 0 aliphatic heterocycles. The van der Waals surface area contributed by atoms with Gasteiger partial charge < -0.3 is 10.2 Å². The van der Waals surface area contributed by atoms with Gasteiger partial charge in [-0.3, -0.25) is 0 Å². The Kier molecular flexibility index (Phi) is 4.23.